The minimum Gasteiger partial charge on any atom is -0.478 e. The summed E-state index contributed by atoms with van der Waals surface area (Å²) in [6, 6.07) is 8.90. The number of rotatable bonds is 4. The van der Waals surface area contributed by atoms with Crippen LogP contribution in [-0.4, -0.2) is 24.5 Å². The zero-order valence-corrected chi connectivity index (χ0v) is 12.9. The number of carboxylic acids is 1. The molecule has 0 spiro atoms. The van der Waals surface area contributed by atoms with Gasteiger partial charge in [-0.15, -0.1) is 0 Å². The van der Waals surface area contributed by atoms with Crippen molar-refractivity contribution < 1.29 is 18.3 Å². The number of carbonyl (C=O) groups is 1. The Labute approximate surface area is 129 Å². The van der Waals surface area contributed by atoms with Gasteiger partial charge in [-0.2, -0.15) is 0 Å². The summed E-state index contributed by atoms with van der Waals surface area (Å²) in [6.45, 7) is 0. The van der Waals surface area contributed by atoms with Crippen molar-refractivity contribution >= 4 is 44.4 Å². The molecule has 1 aromatic heterocycles. The lowest BCUT2D eigenvalue weighted by Gasteiger charge is -2.07. The van der Waals surface area contributed by atoms with E-state index in [9.17, 15) is 13.2 Å². The molecule has 0 amide bonds. The Hall–Kier alpha value is -1.68. The standard InChI is InChI=1S/C12H9IN2O4S/c13-9-2-4-10(5-3-9)20(18,19)15-11-6-1-8(7-14-11)12(16)17/h1-7H,(H,14,15)(H,16,17). The third-order valence-electron chi connectivity index (χ3n) is 2.37. The molecule has 0 unspecified atom stereocenters. The monoisotopic (exact) mass is 404 g/mol. The summed E-state index contributed by atoms with van der Waals surface area (Å²) in [5.74, 6) is -1.06. The minimum absolute atomic E-state index is 0.0118. The Kier molecular flexibility index (Phi) is 4.23. The number of benzene rings is 1. The van der Waals surface area contributed by atoms with Crippen LogP contribution in [0.25, 0.3) is 0 Å². The maximum absolute atomic E-state index is 12.1. The number of pyridine rings is 1. The second-order valence-corrected chi connectivity index (χ2v) is 6.72. The van der Waals surface area contributed by atoms with Gasteiger partial charge in [-0.05, 0) is 59.0 Å². The van der Waals surface area contributed by atoms with E-state index in [1.54, 1.807) is 12.1 Å². The fourth-order valence-electron chi connectivity index (χ4n) is 1.39. The van der Waals surface area contributed by atoms with Crippen LogP contribution in [0.3, 0.4) is 0 Å². The molecule has 0 saturated carbocycles. The van der Waals surface area contributed by atoms with Crippen LogP contribution < -0.4 is 4.72 Å². The summed E-state index contributed by atoms with van der Waals surface area (Å²) in [6.07, 6.45) is 1.09. The average Bonchev–Trinajstić information content (AvgIpc) is 2.39. The molecule has 1 heterocycles. The summed E-state index contributed by atoms with van der Waals surface area (Å²) in [4.78, 5) is 14.5. The maximum atomic E-state index is 12.1. The number of nitrogens with zero attached hydrogens (tertiary/aromatic N) is 1. The molecule has 0 fully saturated rings. The molecule has 2 rings (SSSR count). The normalized spacial score (nSPS) is 11.1. The largest absolute Gasteiger partial charge is 0.478 e. The number of aromatic nitrogens is 1. The lowest BCUT2D eigenvalue weighted by molar-refractivity contribution is 0.0696. The van der Waals surface area contributed by atoms with Gasteiger partial charge in [0.05, 0.1) is 10.5 Å². The van der Waals surface area contributed by atoms with Gasteiger partial charge in [-0.25, -0.2) is 18.2 Å². The predicted octanol–water partition coefficient (Wildman–Crippen LogP) is 2.19. The lowest BCUT2D eigenvalue weighted by Crippen LogP contribution is -2.14. The van der Waals surface area contributed by atoms with E-state index in [1.165, 1.54) is 24.3 Å². The van der Waals surface area contributed by atoms with Gasteiger partial charge in [-0.1, -0.05) is 0 Å². The molecule has 0 bridgehead atoms. The maximum Gasteiger partial charge on any atom is 0.337 e. The molecule has 0 atom stereocenters. The number of halogens is 1. The first-order valence-electron chi connectivity index (χ1n) is 5.36. The molecular formula is C12H9IN2O4S. The van der Waals surface area contributed by atoms with Gasteiger partial charge >= 0.3 is 5.97 Å². The van der Waals surface area contributed by atoms with E-state index >= 15 is 0 Å². The zero-order chi connectivity index (χ0) is 14.8. The van der Waals surface area contributed by atoms with E-state index in [4.69, 9.17) is 5.11 Å². The van der Waals surface area contributed by atoms with Gasteiger partial charge in [0.2, 0.25) is 0 Å². The number of nitrogens with one attached hydrogen (secondary N) is 1. The van der Waals surface area contributed by atoms with Crippen molar-refractivity contribution in [3.05, 3.63) is 51.7 Å². The van der Waals surface area contributed by atoms with Gasteiger partial charge in [-0.3, -0.25) is 4.72 Å². The molecule has 0 radical (unpaired) electrons. The van der Waals surface area contributed by atoms with Crippen molar-refractivity contribution in [2.45, 2.75) is 4.90 Å². The van der Waals surface area contributed by atoms with Gasteiger partial charge in [0, 0.05) is 9.77 Å². The van der Waals surface area contributed by atoms with Crippen LogP contribution in [0.5, 0.6) is 0 Å². The van der Waals surface area contributed by atoms with Gasteiger partial charge < -0.3 is 5.11 Å². The molecule has 8 heteroatoms. The summed E-state index contributed by atoms with van der Waals surface area (Å²) in [7, 11) is -3.73. The highest BCUT2D eigenvalue weighted by Crippen LogP contribution is 2.16. The van der Waals surface area contributed by atoms with Crippen LogP contribution in [0.15, 0.2) is 47.5 Å². The highest BCUT2D eigenvalue weighted by atomic mass is 127. The van der Waals surface area contributed by atoms with Crippen LogP contribution >= 0.6 is 22.6 Å². The Bertz CT molecular complexity index is 727. The number of anilines is 1. The molecule has 2 aromatic rings. The SMILES string of the molecule is O=C(O)c1ccc(NS(=O)(=O)c2ccc(I)cc2)nc1. The number of aromatic carboxylic acids is 1. The molecule has 0 saturated heterocycles. The van der Waals surface area contributed by atoms with Crippen molar-refractivity contribution in [3.63, 3.8) is 0 Å². The van der Waals surface area contributed by atoms with Crippen molar-refractivity contribution in [2.75, 3.05) is 4.72 Å². The predicted molar refractivity (Wildman–Crippen MR) is 81.2 cm³/mol. The second kappa shape index (κ2) is 5.75. The summed E-state index contributed by atoms with van der Waals surface area (Å²) >= 11 is 2.07. The number of sulfonamides is 1. The van der Waals surface area contributed by atoms with Crippen LogP contribution in [0.2, 0.25) is 0 Å². The highest BCUT2D eigenvalue weighted by Gasteiger charge is 2.14. The molecule has 0 aliphatic rings. The van der Waals surface area contributed by atoms with Crippen molar-refractivity contribution in [1.82, 2.24) is 4.98 Å². The van der Waals surface area contributed by atoms with Crippen molar-refractivity contribution in [2.24, 2.45) is 0 Å². The first-order chi connectivity index (χ1) is 9.38. The van der Waals surface area contributed by atoms with Gasteiger partial charge in [0.25, 0.3) is 10.0 Å². The van der Waals surface area contributed by atoms with E-state index in [0.29, 0.717) is 0 Å². The molecule has 0 aliphatic heterocycles. The number of hydrogen-bond acceptors (Lipinski definition) is 4. The lowest BCUT2D eigenvalue weighted by atomic mass is 10.3. The van der Waals surface area contributed by atoms with Crippen molar-refractivity contribution in [1.29, 1.82) is 0 Å². The van der Waals surface area contributed by atoms with E-state index in [-0.39, 0.29) is 16.3 Å². The van der Waals surface area contributed by atoms with E-state index < -0.39 is 16.0 Å². The van der Waals surface area contributed by atoms with E-state index in [0.717, 1.165) is 9.77 Å². The number of carboxylic acid groups (broad SMARTS) is 1. The van der Waals surface area contributed by atoms with Gasteiger partial charge in [0.1, 0.15) is 5.82 Å². The number of hydrogen-bond donors (Lipinski definition) is 2. The molecule has 2 N–H and O–H groups in total. The molecular weight excluding hydrogens is 395 g/mol. The topological polar surface area (TPSA) is 96.4 Å². The minimum atomic E-state index is -3.73. The Morgan fingerprint density at radius 2 is 1.80 bits per heavy atom. The quantitative estimate of drug-likeness (QED) is 0.762. The molecule has 20 heavy (non-hydrogen) atoms. The Morgan fingerprint density at radius 3 is 2.30 bits per heavy atom. The highest BCUT2D eigenvalue weighted by molar-refractivity contribution is 14.1. The van der Waals surface area contributed by atoms with Crippen LogP contribution in [0.4, 0.5) is 5.82 Å². The zero-order valence-electron chi connectivity index (χ0n) is 9.95. The van der Waals surface area contributed by atoms with Crippen LogP contribution in [0.1, 0.15) is 10.4 Å². The van der Waals surface area contributed by atoms with Crippen LogP contribution in [-0.2, 0) is 10.0 Å². The molecule has 6 nitrogen and oxygen atoms in total. The van der Waals surface area contributed by atoms with Gasteiger partial charge in [0.15, 0.2) is 0 Å². The fourth-order valence-corrected chi connectivity index (χ4v) is 2.76. The first kappa shape index (κ1) is 14.7. The van der Waals surface area contributed by atoms with E-state index in [2.05, 4.69) is 32.3 Å². The first-order valence-corrected chi connectivity index (χ1v) is 7.92. The Balaban J connectivity index is 2.24. The second-order valence-electron chi connectivity index (χ2n) is 3.80. The molecule has 104 valence electrons. The molecule has 0 aliphatic carbocycles. The average molecular weight is 404 g/mol. The van der Waals surface area contributed by atoms with Crippen LogP contribution in [0, 0.1) is 3.57 Å². The summed E-state index contributed by atoms with van der Waals surface area (Å²) in [5, 5.41) is 8.73. The summed E-state index contributed by atoms with van der Waals surface area (Å²) in [5.41, 5.74) is -0.0118. The van der Waals surface area contributed by atoms with Crippen molar-refractivity contribution in [3.8, 4) is 0 Å². The smallest absolute Gasteiger partial charge is 0.337 e. The third-order valence-corrected chi connectivity index (χ3v) is 4.46. The Morgan fingerprint density at radius 1 is 1.15 bits per heavy atom. The third kappa shape index (κ3) is 3.45. The molecule has 1 aromatic carbocycles. The fraction of sp³-hybridized carbons (Fsp3) is 0. The van der Waals surface area contributed by atoms with E-state index in [1.807, 2.05) is 0 Å². The summed E-state index contributed by atoms with van der Waals surface area (Å²) < 4.78 is 27.3.